The van der Waals surface area contributed by atoms with Crippen LogP contribution in [0.3, 0.4) is 0 Å². The Morgan fingerprint density at radius 3 is 2.30 bits per heavy atom. The number of pyridine rings is 1. The summed E-state index contributed by atoms with van der Waals surface area (Å²) in [6.45, 7) is 11.9. The summed E-state index contributed by atoms with van der Waals surface area (Å²) in [6.07, 6.45) is 1.89. The van der Waals surface area contributed by atoms with E-state index in [1.54, 1.807) is 13.1 Å². The molecule has 1 aromatic rings. The lowest BCUT2D eigenvalue weighted by atomic mass is 9.76. The highest BCUT2D eigenvalue weighted by Gasteiger charge is 2.52. The van der Waals surface area contributed by atoms with E-state index < -0.39 is 6.10 Å². The standard InChI is InChI=1S/C15H24BNO3/c1-10(18)9-13-11(2)12(7-8-17-13)16-19-14(3,4)15(5,6)20-16/h7-8,10,18H,9H2,1-6H3. The molecular weight excluding hydrogens is 253 g/mol. The highest BCUT2D eigenvalue weighted by molar-refractivity contribution is 6.62. The summed E-state index contributed by atoms with van der Waals surface area (Å²) in [5.41, 5.74) is 2.23. The maximum atomic E-state index is 9.55. The van der Waals surface area contributed by atoms with Crippen molar-refractivity contribution in [2.75, 3.05) is 0 Å². The number of nitrogens with zero attached hydrogens (tertiary/aromatic N) is 1. The highest BCUT2D eigenvalue weighted by Crippen LogP contribution is 2.36. The molecule has 20 heavy (non-hydrogen) atoms. The fourth-order valence-corrected chi connectivity index (χ4v) is 2.31. The van der Waals surface area contributed by atoms with Crippen molar-refractivity contribution in [3.05, 3.63) is 23.5 Å². The van der Waals surface area contributed by atoms with Crippen LogP contribution in [0.2, 0.25) is 0 Å². The molecule has 1 atom stereocenters. The summed E-state index contributed by atoms with van der Waals surface area (Å²) >= 11 is 0. The van der Waals surface area contributed by atoms with E-state index >= 15 is 0 Å². The Morgan fingerprint density at radius 1 is 1.25 bits per heavy atom. The average molecular weight is 277 g/mol. The second-order valence-electron chi connectivity index (χ2n) is 6.61. The van der Waals surface area contributed by atoms with Crippen molar-refractivity contribution in [2.45, 2.75) is 65.3 Å². The van der Waals surface area contributed by atoms with Gasteiger partial charge in [-0.05, 0) is 58.6 Å². The molecule has 1 saturated heterocycles. The van der Waals surface area contributed by atoms with Gasteiger partial charge in [-0.15, -0.1) is 0 Å². The van der Waals surface area contributed by atoms with Gasteiger partial charge in [-0.1, -0.05) is 0 Å². The Hall–Kier alpha value is -0.905. The molecule has 1 aliphatic heterocycles. The zero-order valence-corrected chi connectivity index (χ0v) is 13.2. The van der Waals surface area contributed by atoms with Crippen molar-refractivity contribution in [1.29, 1.82) is 0 Å². The average Bonchev–Trinajstić information content (AvgIpc) is 2.50. The Balaban J connectivity index is 2.31. The van der Waals surface area contributed by atoms with E-state index in [1.807, 2.05) is 40.7 Å². The van der Waals surface area contributed by atoms with E-state index in [2.05, 4.69) is 4.98 Å². The molecule has 0 bridgehead atoms. The van der Waals surface area contributed by atoms with Crippen LogP contribution in [-0.2, 0) is 15.7 Å². The monoisotopic (exact) mass is 277 g/mol. The first-order valence-electron chi connectivity index (χ1n) is 7.12. The molecule has 5 heteroatoms. The molecule has 1 fully saturated rings. The van der Waals surface area contributed by atoms with Crippen LogP contribution in [0.5, 0.6) is 0 Å². The van der Waals surface area contributed by atoms with E-state index in [-0.39, 0.29) is 18.3 Å². The summed E-state index contributed by atoms with van der Waals surface area (Å²) < 4.78 is 12.2. The summed E-state index contributed by atoms with van der Waals surface area (Å²) in [6, 6.07) is 1.93. The van der Waals surface area contributed by atoms with E-state index in [4.69, 9.17) is 9.31 Å². The number of hydrogen-bond acceptors (Lipinski definition) is 4. The minimum absolute atomic E-state index is 0.349. The van der Waals surface area contributed by atoms with Gasteiger partial charge in [0, 0.05) is 18.3 Å². The molecule has 1 N–H and O–H groups in total. The molecule has 4 nitrogen and oxygen atoms in total. The first kappa shape index (κ1) is 15.5. The Bertz CT molecular complexity index is 484. The van der Waals surface area contributed by atoms with Crippen LogP contribution in [-0.4, -0.2) is 34.5 Å². The number of aromatic nitrogens is 1. The largest absolute Gasteiger partial charge is 0.495 e. The van der Waals surface area contributed by atoms with Crippen LogP contribution in [0.25, 0.3) is 0 Å². The van der Waals surface area contributed by atoms with Gasteiger partial charge in [-0.25, -0.2) is 0 Å². The van der Waals surface area contributed by atoms with Gasteiger partial charge in [0.05, 0.1) is 17.3 Å². The van der Waals surface area contributed by atoms with E-state index in [0.29, 0.717) is 6.42 Å². The second-order valence-corrected chi connectivity index (χ2v) is 6.61. The SMILES string of the molecule is Cc1c(B2OC(C)(C)C(C)(C)O2)ccnc1CC(C)O. The third kappa shape index (κ3) is 2.75. The summed E-state index contributed by atoms with van der Waals surface area (Å²) in [4.78, 5) is 4.35. The van der Waals surface area contributed by atoms with Crippen molar-refractivity contribution in [2.24, 2.45) is 0 Å². The quantitative estimate of drug-likeness (QED) is 0.853. The van der Waals surface area contributed by atoms with Crippen LogP contribution >= 0.6 is 0 Å². The number of rotatable bonds is 3. The Kier molecular flexibility index (Phi) is 3.97. The fraction of sp³-hybridized carbons (Fsp3) is 0.667. The zero-order valence-electron chi connectivity index (χ0n) is 13.2. The second kappa shape index (κ2) is 5.13. The van der Waals surface area contributed by atoms with Gasteiger partial charge < -0.3 is 14.4 Å². The molecule has 2 heterocycles. The minimum atomic E-state index is -0.408. The summed E-state index contributed by atoms with van der Waals surface area (Å²) in [7, 11) is -0.379. The predicted octanol–water partition coefficient (Wildman–Crippen LogP) is 1.61. The van der Waals surface area contributed by atoms with Gasteiger partial charge in [-0.2, -0.15) is 0 Å². The third-order valence-electron chi connectivity index (χ3n) is 4.35. The van der Waals surface area contributed by atoms with Crippen molar-refractivity contribution in [3.63, 3.8) is 0 Å². The number of hydrogen-bond donors (Lipinski definition) is 1. The molecule has 110 valence electrons. The molecule has 1 aromatic heterocycles. The first-order chi connectivity index (χ1) is 9.14. The van der Waals surface area contributed by atoms with Gasteiger partial charge in [0.2, 0.25) is 0 Å². The maximum absolute atomic E-state index is 9.55. The van der Waals surface area contributed by atoms with Gasteiger partial charge in [0.25, 0.3) is 0 Å². The molecule has 1 unspecified atom stereocenters. The van der Waals surface area contributed by atoms with Crippen LogP contribution < -0.4 is 5.46 Å². The van der Waals surface area contributed by atoms with Crippen LogP contribution in [0.1, 0.15) is 45.9 Å². The van der Waals surface area contributed by atoms with Crippen molar-refractivity contribution in [3.8, 4) is 0 Å². The molecule has 0 radical (unpaired) electrons. The maximum Gasteiger partial charge on any atom is 0.495 e. The lowest BCUT2D eigenvalue weighted by Crippen LogP contribution is -2.41. The third-order valence-corrected chi connectivity index (χ3v) is 4.35. The molecular formula is C15H24BNO3. The van der Waals surface area contributed by atoms with Gasteiger partial charge in [-0.3, -0.25) is 4.98 Å². The highest BCUT2D eigenvalue weighted by atomic mass is 16.7. The van der Waals surface area contributed by atoms with Crippen molar-refractivity contribution in [1.82, 2.24) is 4.98 Å². The molecule has 0 spiro atoms. The lowest BCUT2D eigenvalue weighted by molar-refractivity contribution is 0.00578. The zero-order chi connectivity index (χ0) is 15.1. The van der Waals surface area contributed by atoms with E-state index in [1.165, 1.54) is 0 Å². The summed E-state index contributed by atoms with van der Waals surface area (Å²) in [5, 5.41) is 9.55. The Morgan fingerprint density at radius 2 is 1.80 bits per heavy atom. The van der Waals surface area contributed by atoms with Gasteiger partial charge >= 0.3 is 7.12 Å². The normalized spacial score (nSPS) is 22.1. The van der Waals surface area contributed by atoms with Crippen molar-refractivity contribution < 1.29 is 14.4 Å². The van der Waals surface area contributed by atoms with Crippen LogP contribution in [0.4, 0.5) is 0 Å². The first-order valence-corrected chi connectivity index (χ1v) is 7.12. The van der Waals surface area contributed by atoms with Crippen LogP contribution in [0.15, 0.2) is 12.3 Å². The predicted molar refractivity (Wildman–Crippen MR) is 80.1 cm³/mol. The molecule has 0 aromatic carbocycles. The van der Waals surface area contributed by atoms with Crippen LogP contribution in [0, 0.1) is 6.92 Å². The molecule has 0 amide bonds. The van der Waals surface area contributed by atoms with E-state index in [0.717, 1.165) is 16.7 Å². The molecule has 1 aliphatic rings. The topological polar surface area (TPSA) is 51.6 Å². The lowest BCUT2D eigenvalue weighted by Gasteiger charge is -2.32. The van der Waals surface area contributed by atoms with E-state index in [9.17, 15) is 5.11 Å². The van der Waals surface area contributed by atoms with Crippen molar-refractivity contribution >= 4 is 12.6 Å². The smallest absolute Gasteiger partial charge is 0.399 e. The fourth-order valence-electron chi connectivity index (χ4n) is 2.31. The Labute approximate surface area is 121 Å². The molecule has 2 rings (SSSR count). The number of aliphatic hydroxyl groups excluding tert-OH is 1. The number of aliphatic hydroxyl groups is 1. The minimum Gasteiger partial charge on any atom is -0.399 e. The molecule has 0 saturated carbocycles. The van der Waals surface area contributed by atoms with Gasteiger partial charge in [0.1, 0.15) is 0 Å². The van der Waals surface area contributed by atoms with Gasteiger partial charge in [0.15, 0.2) is 0 Å². The molecule has 0 aliphatic carbocycles. The summed E-state index contributed by atoms with van der Waals surface area (Å²) in [5.74, 6) is 0.